The van der Waals surface area contributed by atoms with E-state index in [9.17, 15) is 9.59 Å². The number of para-hydroxylation sites is 2. The summed E-state index contributed by atoms with van der Waals surface area (Å²) in [6.45, 7) is 1.43. The lowest BCUT2D eigenvalue weighted by atomic mass is 9.96. The van der Waals surface area contributed by atoms with Crippen LogP contribution in [-0.2, 0) is 4.79 Å². The van der Waals surface area contributed by atoms with Gasteiger partial charge in [0, 0.05) is 30.3 Å². The average Bonchev–Trinajstić information content (AvgIpc) is 3.13. The van der Waals surface area contributed by atoms with Gasteiger partial charge in [-0.2, -0.15) is 4.98 Å². The van der Waals surface area contributed by atoms with Crippen molar-refractivity contribution < 1.29 is 14.0 Å². The van der Waals surface area contributed by atoms with Gasteiger partial charge in [0.2, 0.25) is 11.8 Å². The van der Waals surface area contributed by atoms with E-state index < -0.39 is 5.91 Å². The summed E-state index contributed by atoms with van der Waals surface area (Å²) in [6, 6.07) is 14.9. The molecule has 1 aromatic heterocycles. The van der Waals surface area contributed by atoms with Crippen LogP contribution in [0, 0.1) is 5.92 Å². The molecular weight excluding hydrogens is 344 g/mol. The number of fused-ring (bicyclic) bond motifs is 1. The van der Waals surface area contributed by atoms with Gasteiger partial charge in [0.25, 0.3) is 6.01 Å². The van der Waals surface area contributed by atoms with Gasteiger partial charge in [-0.15, -0.1) is 0 Å². The van der Waals surface area contributed by atoms with Gasteiger partial charge in [-0.3, -0.25) is 9.59 Å². The predicted molar refractivity (Wildman–Crippen MR) is 103 cm³/mol. The normalized spacial score (nSPS) is 15.0. The number of hydrogen-bond donors (Lipinski definition) is 2. The molecule has 0 radical (unpaired) electrons. The van der Waals surface area contributed by atoms with Crippen molar-refractivity contribution in [3.8, 4) is 0 Å². The lowest BCUT2D eigenvalue weighted by molar-refractivity contribution is -0.120. The molecule has 2 heterocycles. The fraction of sp³-hybridized carbons (Fsp3) is 0.250. The maximum atomic E-state index is 12.5. The highest BCUT2D eigenvalue weighted by Gasteiger charge is 2.27. The standard InChI is InChI=1S/C20H20N4O3/c21-18(25)13-5-7-15(8-6-13)22-19(26)14-9-11-24(12-10-14)20-23-16-3-1-2-4-17(16)27-20/h1-8,14H,9-12H2,(H2,21,25)(H,22,26). The quantitative estimate of drug-likeness (QED) is 0.741. The number of nitrogens with one attached hydrogen (secondary N) is 1. The Balaban J connectivity index is 1.35. The van der Waals surface area contributed by atoms with Crippen LogP contribution in [0.1, 0.15) is 23.2 Å². The molecule has 0 atom stereocenters. The number of benzene rings is 2. The van der Waals surface area contributed by atoms with Crippen LogP contribution in [0.2, 0.25) is 0 Å². The molecule has 0 saturated carbocycles. The predicted octanol–water partition coefficient (Wildman–Crippen LogP) is 2.78. The average molecular weight is 364 g/mol. The summed E-state index contributed by atoms with van der Waals surface area (Å²) in [4.78, 5) is 30.2. The minimum atomic E-state index is -0.487. The highest BCUT2D eigenvalue weighted by molar-refractivity contribution is 5.95. The van der Waals surface area contributed by atoms with Crippen molar-refractivity contribution in [3.63, 3.8) is 0 Å². The Morgan fingerprint density at radius 2 is 1.78 bits per heavy atom. The van der Waals surface area contributed by atoms with Gasteiger partial charge in [0.05, 0.1) is 0 Å². The SMILES string of the molecule is NC(=O)c1ccc(NC(=O)C2CCN(c3nc4ccccc4o3)CC2)cc1. The molecule has 138 valence electrons. The number of nitrogens with two attached hydrogens (primary N) is 1. The van der Waals surface area contributed by atoms with Gasteiger partial charge in [0.1, 0.15) is 5.52 Å². The molecule has 7 heteroatoms. The second kappa shape index (κ2) is 7.11. The third kappa shape index (κ3) is 3.62. The van der Waals surface area contributed by atoms with Crippen molar-refractivity contribution in [2.45, 2.75) is 12.8 Å². The fourth-order valence-electron chi connectivity index (χ4n) is 3.29. The smallest absolute Gasteiger partial charge is 0.298 e. The molecule has 1 aliphatic heterocycles. The van der Waals surface area contributed by atoms with E-state index in [0.29, 0.717) is 30.4 Å². The highest BCUT2D eigenvalue weighted by Crippen LogP contribution is 2.27. The Kier molecular flexibility index (Phi) is 4.50. The van der Waals surface area contributed by atoms with Crippen LogP contribution >= 0.6 is 0 Å². The molecule has 0 unspecified atom stereocenters. The maximum Gasteiger partial charge on any atom is 0.298 e. The third-order valence-corrected chi connectivity index (χ3v) is 4.86. The maximum absolute atomic E-state index is 12.5. The summed E-state index contributed by atoms with van der Waals surface area (Å²) in [5.74, 6) is -0.570. The lowest BCUT2D eigenvalue weighted by Gasteiger charge is -2.30. The number of nitrogens with zero attached hydrogens (tertiary/aromatic N) is 2. The zero-order valence-corrected chi connectivity index (χ0v) is 14.7. The Morgan fingerprint density at radius 3 is 2.44 bits per heavy atom. The first-order valence-electron chi connectivity index (χ1n) is 8.91. The monoisotopic (exact) mass is 364 g/mol. The van der Waals surface area contributed by atoms with Crippen LogP contribution in [0.5, 0.6) is 0 Å². The lowest BCUT2D eigenvalue weighted by Crippen LogP contribution is -2.38. The summed E-state index contributed by atoms with van der Waals surface area (Å²) in [7, 11) is 0. The first kappa shape index (κ1) is 17.1. The van der Waals surface area contributed by atoms with E-state index in [0.717, 1.165) is 23.9 Å². The summed E-state index contributed by atoms with van der Waals surface area (Å²) < 4.78 is 5.81. The Hall–Kier alpha value is -3.35. The number of primary amides is 1. The van der Waals surface area contributed by atoms with E-state index in [4.69, 9.17) is 10.2 Å². The van der Waals surface area contributed by atoms with Crippen LogP contribution in [0.4, 0.5) is 11.7 Å². The molecule has 7 nitrogen and oxygen atoms in total. The topological polar surface area (TPSA) is 101 Å². The van der Waals surface area contributed by atoms with Gasteiger partial charge in [0.15, 0.2) is 5.58 Å². The van der Waals surface area contributed by atoms with Crippen molar-refractivity contribution in [1.29, 1.82) is 0 Å². The Bertz CT molecular complexity index is 939. The van der Waals surface area contributed by atoms with Crippen LogP contribution in [0.3, 0.4) is 0 Å². The van der Waals surface area contributed by atoms with E-state index in [-0.39, 0.29) is 11.8 Å². The molecule has 2 aromatic carbocycles. The van der Waals surface area contributed by atoms with Gasteiger partial charge in [-0.25, -0.2) is 0 Å². The summed E-state index contributed by atoms with van der Waals surface area (Å²) in [6.07, 6.45) is 1.45. The molecule has 0 aliphatic carbocycles. The summed E-state index contributed by atoms with van der Waals surface area (Å²) >= 11 is 0. The number of amides is 2. The van der Waals surface area contributed by atoms with Crippen molar-refractivity contribution in [3.05, 3.63) is 54.1 Å². The first-order valence-corrected chi connectivity index (χ1v) is 8.91. The summed E-state index contributed by atoms with van der Waals surface area (Å²) in [5, 5.41) is 2.91. The number of rotatable bonds is 4. The van der Waals surface area contributed by atoms with Crippen LogP contribution in [-0.4, -0.2) is 29.9 Å². The van der Waals surface area contributed by atoms with Gasteiger partial charge >= 0.3 is 0 Å². The van der Waals surface area contributed by atoms with E-state index in [1.807, 2.05) is 24.3 Å². The molecule has 3 N–H and O–H groups in total. The van der Waals surface area contributed by atoms with E-state index >= 15 is 0 Å². The van der Waals surface area contributed by atoms with Crippen LogP contribution < -0.4 is 16.0 Å². The van der Waals surface area contributed by atoms with E-state index in [1.54, 1.807) is 24.3 Å². The van der Waals surface area contributed by atoms with Gasteiger partial charge in [-0.1, -0.05) is 12.1 Å². The van der Waals surface area contributed by atoms with Crippen molar-refractivity contribution in [1.82, 2.24) is 4.98 Å². The molecule has 27 heavy (non-hydrogen) atoms. The van der Waals surface area contributed by atoms with E-state index in [2.05, 4.69) is 15.2 Å². The molecule has 4 rings (SSSR count). The number of piperidine rings is 1. The number of carbonyl (C=O) groups excluding carboxylic acids is 2. The minimum Gasteiger partial charge on any atom is -0.423 e. The second-order valence-corrected chi connectivity index (χ2v) is 6.66. The zero-order valence-electron chi connectivity index (χ0n) is 14.7. The largest absolute Gasteiger partial charge is 0.423 e. The van der Waals surface area contributed by atoms with Crippen molar-refractivity contribution in [2.75, 3.05) is 23.3 Å². The number of hydrogen-bond acceptors (Lipinski definition) is 5. The van der Waals surface area contributed by atoms with Crippen molar-refractivity contribution in [2.24, 2.45) is 11.7 Å². The Morgan fingerprint density at radius 1 is 1.07 bits per heavy atom. The van der Waals surface area contributed by atoms with Crippen LogP contribution in [0.25, 0.3) is 11.1 Å². The third-order valence-electron chi connectivity index (χ3n) is 4.86. The number of anilines is 2. The first-order chi connectivity index (χ1) is 13.1. The molecule has 2 amide bonds. The minimum absolute atomic E-state index is 0.0148. The molecular formula is C20H20N4O3. The zero-order chi connectivity index (χ0) is 18.8. The van der Waals surface area contributed by atoms with Gasteiger partial charge < -0.3 is 20.4 Å². The highest BCUT2D eigenvalue weighted by atomic mass is 16.4. The second-order valence-electron chi connectivity index (χ2n) is 6.66. The van der Waals surface area contributed by atoms with E-state index in [1.165, 1.54) is 0 Å². The van der Waals surface area contributed by atoms with Crippen molar-refractivity contribution >= 4 is 34.6 Å². The Labute approximate surface area is 156 Å². The number of oxazole rings is 1. The number of aromatic nitrogens is 1. The van der Waals surface area contributed by atoms with Crippen LogP contribution in [0.15, 0.2) is 52.9 Å². The molecule has 0 spiro atoms. The van der Waals surface area contributed by atoms with Gasteiger partial charge in [-0.05, 0) is 49.2 Å². The molecule has 1 saturated heterocycles. The fourth-order valence-corrected chi connectivity index (χ4v) is 3.29. The summed E-state index contributed by atoms with van der Waals surface area (Å²) in [5.41, 5.74) is 7.91. The molecule has 3 aromatic rings. The molecule has 1 fully saturated rings. The molecule has 1 aliphatic rings. The number of carbonyl (C=O) groups is 2. The molecule has 0 bridgehead atoms.